The maximum atomic E-state index is 12.2. The van der Waals surface area contributed by atoms with Gasteiger partial charge in [-0.05, 0) is 48.0 Å². The summed E-state index contributed by atoms with van der Waals surface area (Å²) in [6.45, 7) is 3.67. The molecular formula is C14H13N5O2. The number of amides is 1. The molecular weight excluding hydrogens is 270 g/mol. The van der Waals surface area contributed by atoms with Crippen LogP contribution in [0.1, 0.15) is 21.7 Å². The van der Waals surface area contributed by atoms with Crippen molar-refractivity contribution in [3.63, 3.8) is 0 Å². The minimum Gasteiger partial charge on any atom is -0.469 e. The fourth-order valence-corrected chi connectivity index (χ4v) is 1.98. The summed E-state index contributed by atoms with van der Waals surface area (Å²) in [7, 11) is 0. The molecule has 0 radical (unpaired) electrons. The zero-order valence-electron chi connectivity index (χ0n) is 11.6. The molecule has 7 heteroatoms. The van der Waals surface area contributed by atoms with E-state index in [1.165, 1.54) is 17.3 Å². The number of nitrogens with one attached hydrogen (secondary N) is 1. The number of nitrogens with zero attached hydrogens (tertiary/aromatic N) is 4. The van der Waals surface area contributed by atoms with E-state index in [1.54, 1.807) is 13.0 Å². The molecule has 106 valence electrons. The van der Waals surface area contributed by atoms with E-state index >= 15 is 0 Å². The predicted molar refractivity (Wildman–Crippen MR) is 75.3 cm³/mol. The predicted octanol–water partition coefficient (Wildman–Crippen LogP) is 2.12. The first-order valence-corrected chi connectivity index (χ1v) is 6.34. The quantitative estimate of drug-likeness (QED) is 0.795. The van der Waals surface area contributed by atoms with Gasteiger partial charge in [-0.1, -0.05) is 6.07 Å². The van der Waals surface area contributed by atoms with Crippen molar-refractivity contribution < 1.29 is 9.21 Å². The Balaban J connectivity index is 1.90. The molecule has 0 saturated heterocycles. The average molecular weight is 283 g/mol. The van der Waals surface area contributed by atoms with Gasteiger partial charge in [0.05, 0.1) is 17.5 Å². The Bertz CT molecular complexity index is 777. The third-order valence-corrected chi connectivity index (χ3v) is 3.19. The number of carbonyl (C=O) groups excluding carboxylic acids is 1. The molecule has 0 aliphatic carbocycles. The molecule has 1 aromatic carbocycles. The van der Waals surface area contributed by atoms with Crippen LogP contribution in [-0.4, -0.2) is 26.1 Å². The van der Waals surface area contributed by atoms with Gasteiger partial charge >= 0.3 is 0 Å². The molecule has 1 amide bonds. The lowest BCUT2D eigenvalue weighted by Gasteiger charge is -2.10. The summed E-state index contributed by atoms with van der Waals surface area (Å²) in [5, 5.41) is 13.9. The maximum Gasteiger partial charge on any atom is 0.259 e. The monoisotopic (exact) mass is 283 g/mol. The molecule has 2 aromatic heterocycles. The number of furan rings is 1. The van der Waals surface area contributed by atoms with Gasteiger partial charge in [0.1, 0.15) is 12.1 Å². The van der Waals surface area contributed by atoms with Crippen LogP contribution in [0, 0.1) is 13.8 Å². The van der Waals surface area contributed by atoms with Gasteiger partial charge in [0, 0.05) is 5.69 Å². The Kier molecular flexibility index (Phi) is 3.23. The Labute approximate surface area is 120 Å². The topological polar surface area (TPSA) is 85.8 Å². The lowest BCUT2D eigenvalue weighted by molar-refractivity contribution is 0.102. The van der Waals surface area contributed by atoms with Gasteiger partial charge in [0.15, 0.2) is 0 Å². The van der Waals surface area contributed by atoms with Gasteiger partial charge in [-0.25, -0.2) is 4.68 Å². The van der Waals surface area contributed by atoms with E-state index in [2.05, 4.69) is 20.8 Å². The van der Waals surface area contributed by atoms with Crippen LogP contribution < -0.4 is 5.32 Å². The summed E-state index contributed by atoms with van der Waals surface area (Å²) in [6, 6.07) is 7.24. The van der Waals surface area contributed by atoms with Crippen molar-refractivity contribution in [1.29, 1.82) is 0 Å². The molecule has 7 nitrogen and oxygen atoms in total. The van der Waals surface area contributed by atoms with Crippen LogP contribution in [0.3, 0.4) is 0 Å². The van der Waals surface area contributed by atoms with E-state index in [9.17, 15) is 4.79 Å². The number of hydrogen-bond donors (Lipinski definition) is 1. The summed E-state index contributed by atoms with van der Waals surface area (Å²) < 4.78 is 6.67. The first-order chi connectivity index (χ1) is 10.1. The maximum absolute atomic E-state index is 12.2. The minimum atomic E-state index is -0.210. The highest BCUT2D eigenvalue weighted by Gasteiger charge is 2.13. The number of rotatable bonds is 3. The molecule has 21 heavy (non-hydrogen) atoms. The number of aromatic nitrogens is 4. The highest BCUT2D eigenvalue weighted by molar-refractivity contribution is 6.05. The average Bonchev–Trinajstić information content (AvgIpc) is 3.12. The van der Waals surface area contributed by atoms with Crippen molar-refractivity contribution in [2.75, 3.05) is 5.32 Å². The zero-order valence-corrected chi connectivity index (χ0v) is 11.6. The summed E-state index contributed by atoms with van der Waals surface area (Å²) >= 11 is 0. The third kappa shape index (κ3) is 2.53. The fourth-order valence-electron chi connectivity index (χ4n) is 1.98. The van der Waals surface area contributed by atoms with Crippen LogP contribution in [0.2, 0.25) is 0 Å². The van der Waals surface area contributed by atoms with Crippen LogP contribution in [0.5, 0.6) is 0 Å². The van der Waals surface area contributed by atoms with Crippen LogP contribution >= 0.6 is 0 Å². The van der Waals surface area contributed by atoms with Crippen molar-refractivity contribution in [2.45, 2.75) is 13.8 Å². The van der Waals surface area contributed by atoms with Gasteiger partial charge in [0.2, 0.25) is 0 Å². The van der Waals surface area contributed by atoms with Crippen molar-refractivity contribution in [3.8, 4) is 5.69 Å². The second-order valence-electron chi connectivity index (χ2n) is 4.60. The van der Waals surface area contributed by atoms with Crippen molar-refractivity contribution in [2.24, 2.45) is 0 Å². The molecule has 0 aliphatic rings. The minimum absolute atomic E-state index is 0.210. The number of hydrogen-bond acceptors (Lipinski definition) is 5. The normalized spacial score (nSPS) is 10.6. The smallest absolute Gasteiger partial charge is 0.259 e. The SMILES string of the molecule is Cc1ccc(-n2cnnn2)cc1NC(=O)c1ccoc1C. The highest BCUT2D eigenvalue weighted by atomic mass is 16.3. The summed E-state index contributed by atoms with van der Waals surface area (Å²) in [4.78, 5) is 12.2. The van der Waals surface area contributed by atoms with Crippen molar-refractivity contribution in [3.05, 3.63) is 53.7 Å². The lowest BCUT2D eigenvalue weighted by atomic mass is 10.1. The first-order valence-electron chi connectivity index (χ1n) is 6.34. The fraction of sp³-hybridized carbons (Fsp3) is 0.143. The number of anilines is 1. The Hall–Kier alpha value is -2.96. The van der Waals surface area contributed by atoms with E-state index < -0.39 is 0 Å². The van der Waals surface area contributed by atoms with Gasteiger partial charge < -0.3 is 9.73 Å². The summed E-state index contributed by atoms with van der Waals surface area (Å²) in [5.74, 6) is 0.375. The van der Waals surface area contributed by atoms with Crippen molar-refractivity contribution >= 4 is 11.6 Å². The van der Waals surface area contributed by atoms with Gasteiger partial charge in [-0.15, -0.1) is 5.10 Å². The second-order valence-corrected chi connectivity index (χ2v) is 4.60. The van der Waals surface area contributed by atoms with Crippen LogP contribution in [0.4, 0.5) is 5.69 Å². The summed E-state index contributed by atoms with van der Waals surface area (Å²) in [6.07, 6.45) is 2.99. The molecule has 2 heterocycles. The van der Waals surface area contributed by atoms with E-state index in [4.69, 9.17) is 4.42 Å². The van der Waals surface area contributed by atoms with Gasteiger partial charge in [-0.2, -0.15) is 0 Å². The van der Waals surface area contributed by atoms with Crippen LogP contribution in [0.15, 0.2) is 41.3 Å². The number of aryl methyl sites for hydroxylation is 2. The Morgan fingerprint density at radius 3 is 2.81 bits per heavy atom. The Morgan fingerprint density at radius 2 is 2.14 bits per heavy atom. The number of tetrazole rings is 1. The zero-order chi connectivity index (χ0) is 14.8. The largest absolute Gasteiger partial charge is 0.469 e. The molecule has 0 unspecified atom stereocenters. The molecule has 0 bridgehead atoms. The first kappa shape index (κ1) is 13.0. The van der Waals surface area contributed by atoms with E-state index in [0.29, 0.717) is 17.0 Å². The van der Waals surface area contributed by atoms with Gasteiger partial charge in [-0.3, -0.25) is 4.79 Å². The molecule has 0 spiro atoms. The van der Waals surface area contributed by atoms with Gasteiger partial charge in [0.25, 0.3) is 5.91 Å². The van der Waals surface area contributed by atoms with Crippen LogP contribution in [0.25, 0.3) is 5.69 Å². The third-order valence-electron chi connectivity index (χ3n) is 3.19. The molecule has 1 N–H and O–H groups in total. The standard InChI is InChI=1S/C14H13N5O2/c1-9-3-4-11(19-8-15-17-18-19)7-13(9)16-14(20)12-5-6-21-10(12)2/h3-8H,1-2H3,(H,16,20). The van der Waals surface area contributed by atoms with Crippen molar-refractivity contribution in [1.82, 2.24) is 20.2 Å². The summed E-state index contributed by atoms with van der Waals surface area (Å²) in [5.41, 5.74) is 2.93. The molecule has 3 rings (SSSR count). The molecule has 0 saturated carbocycles. The van der Waals surface area contributed by atoms with E-state index in [-0.39, 0.29) is 5.91 Å². The molecule has 0 aliphatic heterocycles. The Morgan fingerprint density at radius 1 is 1.29 bits per heavy atom. The lowest BCUT2D eigenvalue weighted by Crippen LogP contribution is -2.13. The van der Waals surface area contributed by atoms with Crippen LogP contribution in [-0.2, 0) is 0 Å². The molecule has 0 atom stereocenters. The van der Waals surface area contributed by atoms with E-state index in [0.717, 1.165) is 11.3 Å². The highest BCUT2D eigenvalue weighted by Crippen LogP contribution is 2.20. The number of benzene rings is 1. The number of carbonyl (C=O) groups is 1. The second kappa shape index (κ2) is 5.20. The molecule has 3 aromatic rings. The van der Waals surface area contributed by atoms with E-state index in [1.807, 2.05) is 25.1 Å². The molecule has 0 fully saturated rings.